The van der Waals surface area contributed by atoms with E-state index in [2.05, 4.69) is 5.32 Å². The third-order valence-electron chi connectivity index (χ3n) is 4.74. The van der Waals surface area contributed by atoms with Crippen LogP contribution in [0.3, 0.4) is 0 Å². The van der Waals surface area contributed by atoms with Crippen molar-refractivity contribution in [3.8, 4) is 0 Å². The summed E-state index contributed by atoms with van der Waals surface area (Å²) in [7, 11) is -3.05. The summed E-state index contributed by atoms with van der Waals surface area (Å²) in [6.07, 6.45) is 0.770. The summed E-state index contributed by atoms with van der Waals surface area (Å²) in [5.74, 6) is -0.00110. The van der Waals surface area contributed by atoms with Crippen LogP contribution in [0.15, 0.2) is 60.7 Å². The van der Waals surface area contributed by atoms with Crippen LogP contribution in [-0.2, 0) is 14.6 Å². The standard InChI is InChI=1S/C20H23NO3S/c1-20(12-13-25(23,24)15-20)21-19(22)14-18(16-8-4-2-5-9-16)17-10-6-3-7-11-17/h2-11,18H,12-15H2,1H3,(H,21,22). The summed E-state index contributed by atoms with van der Waals surface area (Å²) in [6, 6.07) is 19.9. The Labute approximate surface area is 149 Å². The number of benzene rings is 2. The minimum Gasteiger partial charge on any atom is -0.350 e. The van der Waals surface area contributed by atoms with Gasteiger partial charge < -0.3 is 5.32 Å². The van der Waals surface area contributed by atoms with Crippen molar-refractivity contribution in [2.75, 3.05) is 11.5 Å². The molecule has 4 nitrogen and oxygen atoms in total. The molecule has 1 amide bonds. The summed E-state index contributed by atoms with van der Waals surface area (Å²) in [6.45, 7) is 1.81. The fourth-order valence-electron chi connectivity index (χ4n) is 3.48. The SMILES string of the molecule is CC1(NC(=O)CC(c2ccccc2)c2ccccc2)CCS(=O)(=O)C1. The molecule has 3 rings (SSSR count). The van der Waals surface area contributed by atoms with Gasteiger partial charge in [-0.2, -0.15) is 0 Å². The fourth-order valence-corrected chi connectivity index (χ4v) is 5.57. The van der Waals surface area contributed by atoms with Gasteiger partial charge in [-0.3, -0.25) is 4.79 Å². The van der Waals surface area contributed by atoms with Gasteiger partial charge in [-0.15, -0.1) is 0 Å². The van der Waals surface area contributed by atoms with Crippen LogP contribution in [0.4, 0.5) is 0 Å². The number of rotatable bonds is 5. The fraction of sp³-hybridized carbons (Fsp3) is 0.350. The zero-order chi connectivity index (χ0) is 17.9. The van der Waals surface area contributed by atoms with Gasteiger partial charge in [0.05, 0.1) is 17.0 Å². The highest BCUT2D eigenvalue weighted by Gasteiger charge is 2.39. The molecule has 1 aliphatic rings. The predicted molar refractivity (Wildman–Crippen MR) is 99.2 cm³/mol. The van der Waals surface area contributed by atoms with Crippen molar-refractivity contribution in [3.05, 3.63) is 71.8 Å². The van der Waals surface area contributed by atoms with E-state index in [0.29, 0.717) is 12.8 Å². The van der Waals surface area contributed by atoms with E-state index in [1.54, 1.807) is 0 Å². The maximum absolute atomic E-state index is 12.7. The molecule has 1 saturated heterocycles. The molecule has 2 aromatic carbocycles. The third-order valence-corrected chi connectivity index (χ3v) is 6.64. The average Bonchev–Trinajstić information content (AvgIpc) is 2.87. The number of carbonyl (C=O) groups is 1. The summed E-state index contributed by atoms with van der Waals surface area (Å²) >= 11 is 0. The van der Waals surface area contributed by atoms with Crippen LogP contribution in [0, 0.1) is 0 Å². The van der Waals surface area contributed by atoms with E-state index >= 15 is 0 Å². The first-order valence-electron chi connectivity index (χ1n) is 8.48. The van der Waals surface area contributed by atoms with Crippen molar-refractivity contribution in [2.24, 2.45) is 0 Å². The second kappa shape index (κ2) is 7.00. The number of sulfone groups is 1. The number of nitrogens with one attached hydrogen (secondary N) is 1. The van der Waals surface area contributed by atoms with Gasteiger partial charge in [0.2, 0.25) is 5.91 Å². The highest BCUT2D eigenvalue weighted by molar-refractivity contribution is 7.91. The van der Waals surface area contributed by atoms with Gasteiger partial charge in [0, 0.05) is 12.3 Å². The molecule has 0 radical (unpaired) electrons. The number of hydrogen-bond acceptors (Lipinski definition) is 3. The van der Waals surface area contributed by atoms with Crippen LogP contribution in [0.1, 0.15) is 36.8 Å². The first kappa shape index (κ1) is 17.7. The second-order valence-electron chi connectivity index (χ2n) is 7.03. The topological polar surface area (TPSA) is 63.2 Å². The molecule has 1 atom stereocenters. The number of amides is 1. The minimum absolute atomic E-state index is 0.0209. The molecule has 0 spiro atoms. The molecule has 1 unspecified atom stereocenters. The summed E-state index contributed by atoms with van der Waals surface area (Å²) in [5.41, 5.74) is 1.49. The van der Waals surface area contributed by atoms with Crippen molar-refractivity contribution >= 4 is 15.7 Å². The van der Waals surface area contributed by atoms with Crippen LogP contribution >= 0.6 is 0 Å². The quantitative estimate of drug-likeness (QED) is 0.895. The molecule has 132 valence electrons. The predicted octanol–water partition coefficient (Wildman–Crippen LogP) is 2.90. The van der Waals surface area contributed by atoms with Gasteiger partial charge in [0.25, 0.3) is 0 Å². The van der Waals surface area contributed by atoms with Crippen LogP contribution in [0.2, 0.25) is 0 Å². The van der Waals surface area contributed by atoms with Crippen LogP contribution < -0.4 is 5.32 Å². The van der Waals surface area contributed by atoms with Crippen molar-refractivity contribution in [3.63, 3.8) is 0 Å². The molecule has 25 heavy (non-hydrogen) atoms. The van der Waals surface area contributed by atoms with Gasteiger partial charge in [-0.1, -0.05) is 60.7 Å². The molecule has 1 aliphatic heterocycles. The first-order valence-corrected chi connectivity index (χ1v) is 10.3. The van der Waals surface area contributed by atoms with E-state index < -0.39 is 15.4 Å². The summed E-state index contributed by atoms with van der Waals surface area (Å²) < 4.78 is 23.5. The number of carbonyl (C=O) groups excluding carboxylic acids is 1. The monoisotopic (exact) mass is 357 g/mol. The molecular formula is C20H23NO3S. The van der Waals surface area contributed by atoms with E-state index in [9.17, 15) is 13.2 Å². The Bertz CT molecular complexity index is 794. The van der Waals surface area contributed by atoms with Gasteiger partial charge in [0.15, 0.2) is 9.84 Å². The van der Waals surface area contributed by atoms with E-state index in [4.69, 9.17) is 0 Å². The molecule has 0 saturated carbocycles. The zero-order valence-electron chi connectivity index (χ0n) is 14.3. The first-order chi connectivity index (χ1) is 11.9. The van der Waals surface area contributed by atoms with Gasteiger partial charge in [-0.05, 0) is 24.5 Å². The van der Waals surface area contributed by atoms with E-state index in [1.165, 1.54) is 0 Å². The Kier molecular flexibility index (Phi) is 4.95. The summed E-state index contributed by atoms with van der Waals surface area (Å²) in [5, 5.41) is 2.96. The van der Waals surface area contributed by atoms with Crippen molar-refractivity contribution in [2.45, 2.75) is 31.2 Å². The Morgan fingerprint density at radius 2 is 1.56 bits per heavy atom. The molecule has 5 heteroatoms. The molecule has 0 aliphatic carbocycles. The van der Waals surface area contributed by atoms with Crippen molar-refractivity contribution < 1.29 is 13.2 Å². The number of hydrogen-bond donors (Lipinski definition) is 1. The maximum Gasteiger partial charge on any atom is 0.221 e. The highest BCUT2D eigenvalue weighted by Crippen LogP contribution is 2.29. The minimum atomic E-state index is -3.05. The smallest absolute Gasteiger partial charge is 0.221 e. The Morgan fingerprint density at radius 3 is 2.00 bits per heavy atom. The van der Waals surface area contributed by atoms with Gasteiger partial charge >= 0.3 is 0 Å². The van der Waals surface area contributed by atoms with E-state index in [-0.39, 0.29) is 23.3 Å². The maximum atomic E-state index is 12.7. The van der Waals surface area contributed by atoms with Gasteiger partial charge in [0.1, 0.15) is 0 Å². The Hall–Kier alpha value is -2.14. The lowest BCUT2D eigenvalue weighted by molar-refractivity contribution is -0.122. The van der Waals surface area contributed by atoms with Crippen LogP contribution in [0.5, 0.6) is 0 Å². The van der Waals surface area contributed by atoms with E-state index in [1.807, 2.05) is 67.6 Å². The van der Waals surface area contributed by atoms with Gasteiger partial charge in [-0.25, -0.2) is 8.42 Å². The lowest BCUT2D eigenvalue weighted by Gasteiger charge is -2.26. The van der Waals surface area contributed by atoms with Crippen molar-refractivity contribution in [1.82, 2.24) is 5.32 Å². The molecule has 1 heterocycles. The average molecular weight is 357 g/mol. The van der Waals surface area contributed by atoms with Crippen LogP contribution in [-0.4, -0.2) is 31.4 Å². The van der Waals surface area contributed by atoms with E-state index in [0.717, 1.165) is 11.1 Å². The highest BCUT2D eigenvalue weighted by atomic mass is 32.2. The molecule has 1 N–H and O–H groups in total. The lowest BCUT2D eigenvalue weighted by Crippen LogP contribution is -2.47. The molecule has 0 bridgehead atoms. The zero-order valence-corrected chi connectivity index (χ0v) is 15.1. The molecule has 0 aromatic heterocycles. The molecule has 1 fully saturated rings. The van der Waals surface area contributed by atoms with Crippen molar-refractivity contribution in [1.29, 1.82) is 0 Å². The Balaban J connectivity index is 1.78. The molecule has 2 aromatic rings. The van der Waals surface area contributed by atoms with Crippen LogP contribution in [0.25, 0.3) is 0 Å². The normalized spacial score (nSPS) is 22.0. The third kappa shape index (κ3) is 4.48. The molecular weight excluding hydrogens is 334 g/mol. The largest absolute Gasteiger partial charge is 0.350 e. The lowest BCUT2D eigenvalue weighted by atomic mass is 9.88. The summed E-state index contributed by atoms with van der Waals surface area (Å²) in [4.78, 5) is 12.7. The second-order valence-corrected chi connectivity index (χ2v) is 9.21. The Morgan fingerprint density at radius 1 is 1.04 bits per heavy atom.